The lowest BCUT2D eigenvalue weighted by Crippen LogP contribution is -2.58. The molecule has 2 amide bonds. The molecule has 1 aromatic rings. The Morgan fingerprint density at radius 3 is 2.40 bits per heavy atom. The van der Waals surface area contributed by atoms with Gasteiger partial charge in [-0.25, -0.2) is 8.42 Å². The van der Waals surface area contributed by atoms with E-state index in [9.17, 15) is 18.0 Å². The topological polar surface area (TPSA) is 83.6 Å². The van der Waals surface area contributed by atoms with Gasteiger partial charge in [0.25, 0.3) is 0 Å². The van der Waals surface area contributed by atoms with Crippen LogP contribution in [0.1, 0.15) is 19.4 Å². The third kappa shape index (κ3) is 2.59. The highest BCUT2D eigenvalue weighted by Crippen LogP contribution is 2.20. The summed E-state index contributed by atoms with van der Waals surface area (Å²) < 4.78 is 25.9. The fraction of sp³-hybridized carbons (Fsp3) is 0.385. The number of hydrogen-bond donors (Lipinski definition) is 1. The Labute approximate surface area is 117 Å². The summed E-state index contributed by atoms with van der Waals surface area (Å²) in [5.74, 6) is -1.21. The fourth-order valence-corrected chi connectivity index (χ4v) is 3.57. The minimum atomic E-state index is -3.85. The van der Waals surface area contributed by atoms with Crippen LogP contribution in [-0.2, 0) is 26.0 Å². The van der Waals surface area contributed by atoms with Gasteiger partial charge in [-0.1, -0.05) is 19.1 Å². The molecule has 1 aliphatic heterocycles. The predicted octanol–water partition coefficient (Wildman–Crippen LogP) is 0.285. The number of hydrogen-bond acceptors (Lipinski definition) is 4. The second kappa shape index (κ2) is 5.34. The molecule has 0 aliphatic carbocycles. The molecule has 2 rings (SSSR count). The molecule has 1 fully saturated rings. The number of benzene rings is 1. The first-order chi connectivity index (χ1) is 9.36. The average Bonchev–Trinajstić information content (AvgIpc) is 2.42. The molecule has 108 valence electrons. The minimum absolute atomic E-state index is 0.0871. The molecular weight excluding hydrogens is 280 g/mol. The van der Waals surface area contributed by atoms with Crippen molar-refractivity contribution in [2.24, 2.45) is 0 Å². The van der Waals surface area contributed by atoms with E-state index in [2.05, 4.69) is 5.32 Å². The molecule has 0 aromatic heterocycles. The van der Waals surface area contributed by atoms with Gasteiger partial charge in [-0.15, -0.1) is 0 Å². The Balaban J connectivity index is 2.37. The summed E-state index contributed by atoms with van der Waals surface area (Å²) in [6.07, 6.45) is 0.807. The van der Waals surface area contributed by atoms with E-state index in [-0.39, 0.29) is 11.4 Å². The Bertz CT molecular complexity index is 637. The van der Waals surface area contributed by atoms with E-state index in [0.717, 1.165) is 16.3 Å². The summed E-state index contributed by atoms with van der Waals surface area (Å²) in [6, 6.07) is 5.55. The molecular formula is C13H16N2O4S. The normalized spacial score (nSPS) is 20.8. The Morgan fingerprint density at radius 2 is 1.85 bits per heavy atom. The highest BCUT2D eigenvalue weighted by molar-refractivity contribution is 7.89. The second-order valence-corrected chi connectivity index (χ2v) is 6.53. The maximum Gasteiger partial charge on any atom is 0.244 e. The lowest BCUT2D eigenvalue weighted by Gasteiger charge is -2.30. The number of amides is 2. The molecule has 1 unspecified atom stereocenters. The lowest BCUT2D eigenvalue weighted by atomic mass is 10.2. The van der Waals surface area contributed by atoms with Crippen molar-refractivity contribution >= 4 is 21.8 Å². The van der Waals surface area contributed by atoms with Gasteiger partial charge in [-0.3, -0.25) is 14.9 Å². The fourth-order valence-electron chi connectivity index (χ4n) is 2.02. The molecule has 1 aliphatic rings. The molecule has 0 bridgehead atoms. The van der Waals surface area contributed by atoms with Crippen LogP contribution in [0.2, 0.25) is 0 Å². The number of nitrogens with one attached hydrogen (secondary N) is 1. The summed E-state index contributed by atoms with van der Waals surface area (Å²) in [4.78, 5) is 23.0. The van der Waals surface area contributed by atoms with Gasteiger partial charge in [-0.2, -0.15) is 4.31 Å². The number of carbonyl (C=O) groups excluding carboxylic acids is 2. The van der Waals surface area contributed by atoms with E-state index in [1.165, 1.54) is 19.1 Å². The molecule has 0 radical (unpaired) electrons. The van der Waals surface area contributed by atoms with Gasteiger partial charge in [0.05, 0.1) is 11.4 Å². The Hall–Kier alpha value is -1.73. The molecule has 6 nitrogen and oxygen atoms in total. The third-order valence-electron chi connectivity index (χ3n) is 3.31. The van der Waals surface area contributed by atoms with Gasteiger partial charge in [0, 0.05) is 0 Å². The molecule has 1 heterocycles. The SMILES string of the molecule is CCc1ccc(S(=O)(=O)N2CC(=O)NC(=O)C2C)cc1. The van der Waals surface area contributed by atoms with Crippen molar-refractivity contribution in [1.82, 2.24) is 9.62 Å². The summed E-state index contributed by atoms with van der Waals surface area (Å²) in [6.45, 7) is 3.09. The zero-order valence-corrected chi connectivity index (χ0v) is 12.1. The Morgan fingerprint density at radius 1 is 1.25 bits per heavy atom. The summed E-state index contributed by atoms with van der Waals surface area (Å²) in [7, 11) is -3.85. The number of nitrogens with zero attached hydrogens (tertiary/aromatic N) is 1. The van der Waals surface area contributed by atoms with Crippen molar-refractivity contribution in [1.29, 1.82) is 0 Å². The zero-order valence-electron chi connectivity index (χ0n) is 11.3. The molecule has 1 atom stereocenters. The number of carbonyl (C=O) groups is 2. The molecule has 0 saturated carbocycles. The van der Waals surface area contributed by atoms with Gasteiger partial charge >= 0.3 is 0 Å². The van der Waals surface area contributed by atoms with Gasteiger partial charge in [-0.05, 0) is 31.0 Å². The van der Waals surface area contributed by atoms with Gasteiger partial charge in [0.15, 0.2) is 0 Å². The van der Waals surface area contributed by atoms with Crippen LogP contribution in [0.15, 0.2) is 29.2 Å². The van der Waals surface area contributed by atoms with Crippen LogP contribution >= 0.6 is 0 Å². The highest BCUT2D eigenvalue weighted by Gasteiger charge is 2.38. The molecule has 0 spiro atoms. The van der Waals surface area contributed by atoms with Gasteiger partial charge in [0.2, 0.25) is 21.8 Å². The van der Waals surface area contributed by atoms with Crippen LogP contribution in [0.4, 0.5) is 0 Å². The molecule has 1 saturated heterocycles. The van der Waals surface area contributed by atoms with Crippen molar-refractivity contribution < 1.29 is 18.0 Å². The molecule has 20 heavy (non-hydrogen) atoms. The van der Waals surface area contributed by atoms with Crippen molar-refractivity contribution in [3.8, 4) is 0 Å². The molecule has 1 N–H and O–H groups in total. The summed E-state index contributed by atoms with van der Waals surface area (Å²) >= 11 is 0. The first-order valence-electron chi connectivity index (χ1n) is 6.30. The average molecular weight is 296 g/mol. The van der Waals surface area contributed by atoms with Crippen molar-refractivity contribution in [3.05, 3.63) is 29.8 Å². The van der Waals surface area contributed by atoms with Crippen LogP contribution in [-0.4, -0.2) is 37.1 Å². The zero-order chi connectivity index (χ0) is 14.9. The number of rotatable bonds is 3. The van der Waals surface area contributed by atoms with Gasteiger partial charge in [0.1, 0.15) is 6.04 Å². The number of piperazine rings is 1. The molecule has 7 heteroatoms. The van der Waals surface area contributed by atoms with E-state index < -0.39 is 27.9 Å². The van der Waals surface area contributed by atoms with E-state index in [4.69, 9.17) is 0 Å². The monoisotopic (exact) mass is 296 g/mol. The van der Waals surface area contributed by atoms with Crippen LogP contribution < -0.4 is 5.32 Å². The number of imide groups is 1. The minimum Gasteiger partial charge on any atom is -0.294 e. The van der Waals surface area contributed by atoms with Gasteiger partial charge < -0.3 is 0 Å². The van der Waals surface area contributed by atoms with Crippen molar-refractivity contribution in [2.45, 2.75) is 31.2 Å². The maximum atomic E-state index is 12.5. The quantitative estimate of drug-likeness (QED) is 0.812. The van der Waals surface area contributed by atoms with E-state index in [0.29, 0.717) is 0 Å². The smallest absolute Gasteiger partial charge is 0.244 e. The standard InChI is InChI=1S/C13H16N2O4S/c1-3-10-4-6-11(7-5-10)20(18,19)15-8-12(16)14-13(17)9(15)2/h4-7,9H,3,8H2,1-2H3,(H,14,16,17). The van der Waals surface area contributed by atoms with Crippen LogP contribution in [0.3, 0.4) is 0 Å². The maximum absolute atomic E-state index is 12.5. The lowest BCUT2D eigenvalue weighted by molar-refractivity contribution is -0.136. The first kappa shape index (κ1) is 14.7. The molecule has 1 aromatic carbocycles. The van der Waals surface area contributed by atoms with E-state index in [1.54, 1.807) is 12.1 Å². The summed E-state index contributed by atoms with van der Waals surface area (Å²) in [5, 5.41) is 2.12. The van der Waals surface area contributed by atoms with Crippen LogP contribution in [0.5, 0.6) is 0 Å². The number of sulfonamides is 1. The van der Waals surface area contributed by atoms with Crippen LogP contribution in [0, 0.1) is 0 Å². The predicted molar refractivity (Wildman–Crippen MR) is 72.3 cm³/mol. The first-order valence-corrected chi connectivity index (χ1v) is 7.74. The summed E-state index contributed by atoms with van der Waals surface area (Å²) in [5.41, 5.74) is 1.02. The van der Waals surface area contributed by atoms with Crippen molar-refractivity contribution in [3.63, 3.8) is 0 Å². The highest BCUT2D eigenvalue weighted by atomic mass is 32.2. The number of aryl methyl sites for hydroxylation is 1. The second-order valence-electron chi connectivity index (χ2n) is 4.64. The third-order valence-corrected chi connectivity index (χ3v) is 5.24. The largest absolute Gasteiger partial charge is 0.294 e. The van der Waals surface area contributed by atoms with Crippen LogP contribution in [0.25, 0.3) is 0 Å². The Kier molecular flexibility index (Phi) is 3.92. The van der Waals surface area contributed by atoms with Crippen molar-refractivity contribution in [2.75, 3.05) is 6.54 Å². The van der Waals surface area contributed by atoms with E-state index >= 15 is 0 Å². The van der Waals surface area contributed by atoms with E-state index in [1.807, 2.05) is 6.92 Å².